The molecule has 2 N–H and O–H groups in total. The number of aromatic amines is 2. The van der Waals surface area contributed by atoms with E-state index in [-0.39, 0.29) is 36.0 Å². The Morgan fingerprint density at radius 2 is 0.957 bits per heavy atom. The number of carbonyl (C=O) groups excluding carboxylic acids is 2. The van der Waals surface area contributed by atoms with E-state index in [0.717, 1.165) is 134 Å². The van der Waals surface area contributed by atoms with Crippen molar-refractivity contribution < 1.29 is 28.5 Å². The lowest BCUT2D eigenvalue weighted by molar-refractivity contribution is -0.138. The van der Waals surface area contributed by atoms with Gasteiger partial charge in [-0.1, -0.05) is 72.8 Å². The largest absolute Gasteiger partial charge is 0.491 e. The fraction of sp³-hybridized carbons (Fsp3) is 0.429. The zero-order chi connectivity index (χ0) is 47.8. The van der Waals surface area contributed by atoms with E-state index in [1.54, 1.807) is 14.2 Å². The molecule has 4 atom stereocenters. The zero-order valence-electron chi connectivity index (χ0n) is 40.6. The van der Waals surface area contributed by atoms with E-state index in [1.165, 1.54) is 0 Å². The van der Waals surface area contributed by atoms with Crippen LogP contribution in [0.1, 0.15) is 98.3 Å². The van der Waals surface area contributed by atoms with Gasteiger partial charge >= 0.3 is 0 Å². The summed E-state index contributed by atoms with van der Waals surface area (Å²) in [6.45, 7) is 6.63. The predicted octanol–water partition coefficient (Wildman–Crippen LogP) is 9.19. The fourth-order valence-electron chi connectivity index (χ4n) is 11.1. The summed E-state index contributed by atoms with van der Waals surface area (Å²) in [5.41, 5.74) is 7.30. The van der Waals surface area contributed by atoms with Crippen molar-refractivity contribution in [1.29, 1.82) is 0 Å². The van der Waals surface area contributed by atoms with Crippen molar-refractivity contribution in [2.75, 3.05) is 79.9 Å². The van der Waals surface area contributed by atoms with Gasteiger partial charge in [-0.15, -0.1) is 0 Å². The minimum absolute atomic E-state index is 0.144. The molecule has 14 heteroatoms. The Morgan fingerprint density at radius 1 is 0.543 bits per heavy atom. The predicted molar refractivity (Wildman–Crippen MR) is 269 cm³/mol. The number of benzene rings is 4. The molecule has 6 heterocycles. The maximum atomic E-state index is 14.5. The third kappa shape index (κ3) is 10.1. The summed E-state index contributed by atoms with van der Waals surface area (Å²) in [4.78, 5) is 54.8. The fourth-order valence-corrected chi connectivity index (χ4v) is 11.1. The third-order valence-corrected chi connectivity index (χ3v) is 14.6. The summed E-state index contributed by atoms with van der Waals surface area (Å²) >= 11 is 0. The molecule has 4 saturated heterocycles. The number of imidazole rings is 2. The Balaban J connectivity index is 0.909. The summed E-state index contributed by atoms with van der Waals surface area (Å²) in [5, 5.41) is 0. The van der Waals surface area contributed by atoms with E-state index in [1.807, 2.05) is 70.7 Å². The van der Waals surface area contributed by atoms with E-state index in [9.17, 15) is 9.59 Å². The Labute approximate surface area is 411 Å². The van der Waals surface area contributed by atoms with Crippen molar-refractivity contribution in [3.05, 3.63) is 132 Å². The second-order valence-electron chi connectivity index (χ2n) is 19.0. The molecule has 4 aliphatic heterocycles. The number of hydrogen-bond acceptors (Lipinski definition) is 10. The Kier molecular flexibility index (Phi) is 15.0. The minimum atomic E-state index is -0.300. The second kappa shape index (κ2) is 22.2. The molecule has 1 unspecified atom stereocenters. The number of nitrogens with zero attached hydrogens (tertiary/aromatic N) is 6. The molecule has 0 bridgehead atoms. The van der Waals surface area contributed by atoms with Crippen LogP contribution in [0.3, 0.4) is 0 Å². The van der Waals surface area contributed by atoms with Crippen LogP contribution in [0, 0.1) is 0 Å². The number of rotatable bonds is 19. The first kappa shape index (κ1) is 47.4. The van der Waals surface area contributed by atoms with Crippen LogP contribution in [-0.2, 0) is 19.1 Å². The molecule has 0 radical (unpaired) electrons. The average molecular weight is 947 g/mol. The van der Waals surface area contributed by atoms with E-state index in [4.69, 9.17) is 28.9 Å². The highest BCUT2D eigenvalue weighted by molar-refractivity contribution is 5.85. The molecular formula is C56H66N8O6. The van der Waals surface area contributed by atoms with Crippen molar-refractivity contribution in [2.45, 2.75) is 75.5 Å². The molecule has 2 aromatic heterocycles. The van der Waals surface area contributed by atoms with Crippen LogP contribution < -0.4 is 9.47 Å². The average Bonchev–Trinajstić information content (AvgIpc) is 4.26. The summed E-state index contributed by atoms with van der Waals surface area (Å²) in [6.07, 6.45) is 11.7. The number of nitrogens with one attached hydrogen (secondary N) is 2. The van der Waals surface area contributed by atoms with E-state index in [0.29, 0.717) is 51.0 Å². The number of methoxy groups -OCH3 is 2. The van der Waals surface area contributed by atoms with Crippen LogP contribution in [-0.4, -0.2) is 131 Å². The molecule has 70 heavy (non-hydrogen) atoms. The highest BCUT2D eigenvalue weighted by Crippen LogP contribution is 2.43. The topological polar surface area (TPSA) is 141 Å². The van der Waals surface area contributed by atoms with Gasteiger partial charge in [0.15, 0.2) is 0 Å². The van der Waals surface area contributed by atoms with E-state index >= 15 is 0 Å². The van der Waals surface area contributed by atoms with Crippen LogP contribution in [0.4, 0.5) is 0 Å². The highest BCUT2D eigenvalue weighted by Gasteiger charge is 2.41. The van der Waals surface area contributed by atoms with Gasteiger partial charge < -0.3 is 38.7 Å². The Hall–Kier alpha value is -6.32. The number of hydrogen-bond donors (Lipinski definition) is 2. The van der Waals surface area contributed by atoms with Crippen LogP contribution >= 0.6 is 0 Å². The first-order valence-corrected chi connectivity index (χ1v) is 25.3. The van der Waals surface area contributed by atoms with Gasteiger partial charge in [-0.05, 0) is 113 Å². The van der Waals surface area contributed by atoms with Crippen LogP contribution in [0.15, 0.2) is 109 Å². The summed E-state index contributed by atoms with van der Waals surface area (Å²) in [7, 11) is 3.33. The number of carbonyl (C=O) groups is 2. The first-order valence-electron chi connectivity index (χ1n) is 25.3. The van der Waals surface area contributed by atoms with Gasteiger partial charge in [-0.25, -0.2) is 9.97 Å². The number of H-pyrrole nitrogens is 2. The standard InChI is InChI=1S/C56H66N8O6/c1-67-31-33-69-49-35-41(45-37-57-53(59-45)47-19-13-29-63(47)55(65)51(61-25-9-10-26-61)39-15-5-3-6-16-39)21-23-43(49)44-24-22-42(36-50(44)70-34-32-68-2)46-38-58-54(60-46)48-20-14-30-64(48)56(66)52(62-27-11-12-28-62)40-17-7-4-8-18-40/h3-8,15-18,21-24,35-38,47-48,51-52H,9-14,19-20,25-34H2,1-2H3,(H,57,59)(H,58,60)/t47-,48?,51+,52+/m0/s1. The van der Waals surface area contributed by atoms with Crippen molar-refractivity contribution in [2.24, 2.45) is 0 Å². The van der Waals surface area contributed by atoms with Gasteiger partial charge in [0.1, 0.15) is 48.4 Å². The van der Waals surface area contributed by atoms with Crippen LogP contribution in [0.25, 0.3) is 33.6 Å². The molecule has 4 aromatic carbocycles. The van der Waals surface area contributed by atoms with Crippen molar-refractivity contribution >= 4 is 11.8 Å². The Bertz CT molecular complexity index is 2500. The molecular weight excluding hydrogens is 881 g/mol. The zero-order valence-corrected chi connectivity index (χ0v) is 40.6. The molecule has 0 spiro atoms. The molecule has 4 aliphatic rings. The van der Waals surface area contributed by atoms with E-state index < -0.39 is 0 Å². The van der Waals surface area contributed by atoms with E-state index in [2.05, 4.69) is 68.3 Å². The molecule has 2 amide bonds. The lowest BCUT2D eigenvalue weighted by atomic mass is 9.98. The Morgan fingerprint density at radius 3 is 1.36 bits per heavy atom. The van der Waals surface area contributed by atoms with Crippen LogP contribution in [0.5, 0.6) is 11.5 Å². The maximum Gasteiger partial charge on any atom is 0.245 e. The second-order valence-corrected chi connectivity index (χ2v) is 19.0. The third-order valence-electron chi connectivity index (χ3n) is 14.6. The smallest absolute Gasteiger partial charge is 0.245 e. The molecule has 6 aromatic rings. The van der Waals surface area contributed by atoms with Crippen molar-refractivity contribution in [3.8, 4) is 45.1 Å². The normalized spacial score (nSPS) is 19.5. The van der Waals surface area contributed by atoms with Gasteiger partial charge in [0, 0.05) is 49.6 Å². The lowest BCUT2D eigenvalue weighted by Crippen LogP contribution is -2.42. The van der Waals surface area contributed by atoms with Crippen molar-refractivity contribution in [3.63, 3.8) is 0 Å². The summed E-state index contributed by atoms with van der Waals surface area (Å²) < 4.78 is 23.8. The molecule has 0 aliphatic carbocycles. The van der Waals surface area contributed by atoms with Gasteiger partial charge in [0.25, 0.3) is 0 Å². The molecule has 4 fully saturated rings. The van der Waals surface area contributed by atoms with Crippen LogP contribution in [0.2, 0.25) is 0 Å². The molecule has 10 rings (SSSR count). The number of ether oxygens (including phenoxy) is 4. The molecule has 14 nitrogen and oxygen atoms in total. The minimum Gasteiger partial charge on any atom is -0.491 e. The quantitative estimate of drug-likeness (QED) is 0.0756. The number of aromatic nitrogens is 4. The lowest BCUT2D eigenvalue weighted by Gasteiger charge is -2.33. The monoisotopic (exact) mass is 947 g/mol. The number of likely N-dealkylation sites (tertiary alicyclic amines) is 4. The van der Waals surface area contributed by atoms with Gasteiger partial charge in [-0.3, -0.25) is 19.4 Å². The summed E-state index contributed by atoms with van der Waals surface area (Å²) in [6, 6.07) is 31.9. The van der Waals surface area contributed by atoms with Gasteiger partial charge in [0.05, 0.1) is 49.1 Å². The molecule has 366 valence electrons. The summed E-state index contributed by atoms with van der Waals surface area (Å²) in [5.74, 6) is 3.20. The van der Waals surface area contributed by atoms with Crippen molar-refractivity contribution in [1.82, 2.24) is 39.5 Å². The van der Waals surface area contributed by atoms with Gasteiger partial charge in [0.2, 0.25) is 11.8 Å². The SMILES string of the molecule is COCCOc1cc(-c2cnc(C3CCCN3C(=O)[C@@H](c3ccccc3)N3CCCC3)[nH]2)ccc1-c1ccc(-c2cnc([C@@H]3CCCN3C(=O)[C@@H](c3ccccc3)N3CCCC3)[nH]2)cc1OCCOC. The maximum absolute atomic E-state index is 14.5. The molecule has 0 saturated carbocycles. The first-order chi connectivity index (χ1) is 34.5. The highest BCUT2D eigenvalue weighted by atomic mass is 16.5. The number of amides is 2. The van der Waals surface area contributed by atoms with Gasteiger partial charge in [-0.2, -0.15) is 0 Å².